The molecule has 0 radical (unpaired) electrons. The number of rotatable bonds is 7. The molecule has 0 atom stereocenters. The van der Waals surface area contributed by atoms with Gasteiger partial charge in [0.2, 0.25) is 10.0 Å². The normalized spacial score (nSPS) is 11.4. The molecule has 0 bridgehead atoms. The number of aromatic nitrogens is 2. The van der Waals surface area contributed by atoms with Crippen LogP contribution in [0.15, 0.2) is 47.9 Å². The third-order valence-corrected chi connectivity index (χ3v) is 4.30. The summed E-state index contributed by atoms with van der Waals surface area (Å²) in [5.74, 6) is 0. The molecule has 0 aliphatic rings. The van der Waals surface area contributed by atoms with Crippen molar-refractivity contribution in [2.45, 2.75) is 17.9 Å². The van der Waals surface area contributed by atoms with E-state index in [4.69, 9.17) is 0 Å². The number of hydrogen-bond acceptors (Lipinski definition) is 5. The zero-order valence-electron chi connectivity index (χ0n) is 11.0. The molecule has 2 aromatic rings. The zero-order chi connectivity index (χ0) is 15.3. The molecule has 0 saturated carbocycles. The van der Waals surface area contributed by atoms with Crippen LogP contribution in [0.1, 0.15) is 6.42 Å². The summed E-state index contributed by atoms with van der Waals surface area (Å²) in [6.45, 7) is 0.798. The SMILES string of the molecule is O=[N+]([O-])c1ccccc1S(=O)(=O)NCCCn1ccnc1. The van der Waals surface area contributed by atoms with E-state index in [1.807, 2.05) is 4.57 Å². The lowest BCUT2D eigenvalue weighted by atomic mass is 10.3. The van der Waals surface area contributed by atoms with Gasteiger partial charge in [-0.05, 0) is 12.5 Å². The van der Waals surface area contributed by atoms with Crippen LogP contribution in [0.25, 0.3) is 0 Å². The summed E-state index contributed by atoms with van der Waals surface area (Å²) < 4.78 is 28.4. The van der Waals surface area contributed by atoms with Crippen molar-refractivity contribution in [3.8, 4) is 0 Å². The Hall–Kier alpha value is -2.26. The molecule has 112 valence electrons. The molecular formula is C12H14N4O4S. The molecule has 0 aliphatic carbocycles. The topological polar surface area (TPSA) is 107 Å². The fourth-order valence-corrected chi connectivity index (χ4v) is 3.04. The van der Waals surface area contributed by atoms with Gasteiger partial charge in [0.25, 0.3) is 5.69 Å². The maximum Gasteiger partial charge on any atom is 0.289 e. The molecule has 8 nitrogen and oxygen atoms in total. The van der Waals surface area contributed by atoms with Gasteiger partial charge in [-0.15, -0.1) is 0 Å². The summed E-state index contributed by atoms with van der Waals surface area (Å²) in [6.07, 6.45) is 5.60. The molecule has 1 aromatic heterocycles. The van der Waals surface area contributed by atoms with Crippen molar-refractivity contribution < 1.29 is 13.3 Å². The third kappa shape index (κ3) is 3.86. The Morgan fingerprint density at radius 2 is 2.10 bits per heavy atom. The summed E-state index contributed by atoms with van der Waals surface area (Å²) >= 11 is 0. The van der Waals surface area contributed by atoms with Crippen molar-refractivity contribution in [1.82, 2.24) is 14.3 Å². The van der Waals surface area contributed by atoms with Crippen LogP contribution in [0.5, 0.6) is 0 Å². The molecule has 1 N–H and O–H groups in total. The minimum absolute atomic E-state index is 0.187. The molecule has 0 unspecified atom stereocenters. The molecule has 2 rings (SSSR count). The van der Waals surface area contributed by atoms with Gasteiger partial charge in [0, 0.05) is 31.5 Å². The summed E-state index contributed by atoms with van der Waals surface area (Å²) in [4.78, 5) is 13.7. The fraction of sp³-hybridized carbons (Fsp3) is 0.250. The van der Waals surface area contributed by atoms with Crippen LogP contribution >= 0.6 is 0 Å². The minimum Gasteiger partial charge on any atom is -0.337 e. The average Bonchev–Trinajstić information content (AvgIpc) is 2.97. The van der Waals surface area contributed by atoms with E-state index in [1.165, 1.54) is 24.3 Å². The third-order valence-electron chi connectivity index (χ3n) is 2.80. The predicted octanol–water partition coefficient (Wildman–Crippen LogP) is 1.16. The van der Waals surface area contributed by atoms with Crippen molar-refractivity contribution >= 4 is 15.7 Å². The molecule has 1 aromatic carbocycles. The number of para-hydroxylation sites is 1. The van der Waals surface area contributed by atoms with Gasteiger partial charge in [0.1, 0.15) is 0 Å². The number of nitrogens with zero attached hydrogens (tertiary/aromatic N) is 3. The van der Waals surface area contributed by atoms with Gasteiger partial charge in [-0.3, -0.25) is 10.1 Å². The van der Waals surface area contributed by atoms with Gasteiger partial charge >= 0.3 is 0 Å². The number of nitro benzene ring substituents is 1. The van der Waals surface area contributed by atoms with Crippen LogP contribution in [0.3, 0.4) is 0 Å². The largest absolute Gasteiger partial charge is 0.337 e. The molecule has 0 saturated heterocycles. The summed E-state index contributed by atoms with van der Waals surface area (Å²) in [5, 5.41) is 10.9. The molecule has 21 heavy (non-hydrogen) atoms. The highest BCUT2D eigenvalue weighted by molar-refractivity contribution is 7.89. The van der Waals surface area contributed by atoms with Gasteiger partial charge in [0.15, 0.2) is 4.90 Å². The molecule has 0 fully saturated rings. The summed E-state index contributed by atoms with van der Waals surface area (Å²) in [7, 11) is -3.89. The Kier molecular flexibility index (Phi) is 4.66. The quantitative estimate of drug-likeness (QED) is 0.469. The maximum atomic E-state index is 12.1. The number of hydrogen-bond donors (Lipinski definition) is 1. The lowest BCUT2D eigenvalue weighted by Crippen LogP contribution is -2.26. The molecule has 0 aliphatic heterocycles. The first kappa shape index (κ1) is 15.1. The first-order chi connectivity index (χ1) is 10.0. The molecule has 1 heterocycles. The van der Waals surface area contributed by atoms with E-state index in [1.54, 1.807) is 18.7 Å². The van der Waals surface area contributed by atoms with Crippen LogP contribution in [-0.2, 0) is 16.6 Å². The van der Waals surface area contributed by atoms with Gasteiger partial charge in [-0.2, -0.15) is 0 Å². The predicted molar refractivity (Wildman–Crippen MR) is 75.1 cm³/mol. The molecule has 9 heteroatoms. The molecule has 0 amide bonds. The van der Waals surface area contributed by atoms with Gasteiger partial charge in [0.05, 0.1) is 11.3 Å². The van der Waals surface area contributed by atoms with E-state index >= 15 is 0 Å². The van der Waals surface area contributed by atoms with Crippen LogP contribution < -0.4 is 4.72 Å². The zero-order valence-corrected chi connectivity index (χ0v) is 11.9. The van der Waals surface area contributed by atoms with Crippen molar-refractivity contribution in [2.75, 3.05) is 6.54 Å². The Morgan fingerprint density at radius 1 is 1.33 bits per heavy atom. The molecule has 0 spiro atoms. The Bertz CT molecular complexity index is 713. The number of nitro groups is 1. The lowest BCUT2D eigenvalue weighted by Gasteiger charge is -2.07. The highest BCUT2D eigenvalue weighted by Gasteiger charge is 2.24. The van der Waals surface area contributed by atoms with E-state index in [0.29, 0.717) is 13.0 Å². The first-order valence-corrected chi connectivity index (χ1v) is 7.68. The first-order valence-electron chi connectivity index (χ1n) is 6.19. The number of sulfonamides is 1. The second kappa shape index (κ2) is 6.46. The second-order valence-corrected chi connectivity index (χ2v) is 6.01. The highest BCUT2D eigenvalue weighted by Crippen LogP contribution is 2.22. The van der Waals surface area contributed by atoms with Crippen molar-refractivity contribution in [1.29, 1.82) is 0 Å². The minimum atomic E-state index is -3.89. The monoisotopic (exact) mass is 310 g/mol. The van der Waals surface area contributed by atoms with Gasteiger partial charge in [-0.1, -0.05) is 12.1 Å². The number of aryl methyl sites for hydroxylation is 1. The van der Waals surface area contributed by atoms with Gasteiger partial charge in [-0.25, -0.2) is 18.1 Å². The Morgan fingerprint density at radius 3 is 2.76 bits per heavy atom. The van der Waals surface area contributed by atoms with E-state index in [2.05, 4.69) is 9.71 Å². The van der Waals surface area contributed by atoms with Crippen molar-refractivity contribution in [3.05, 3.63) is 53.1 Å². The summed E-state index contributed by atoms with van der Waals surface area (Å²) in [5.41, 5.74) is -0.431. The smallest absolute Gasteiger partial charge is 0.289 e. The van der Waals surface area contributed by atoms with Crippen molar-refractivity contribution in [2.24, 2.45) is 0 Å². The van der Waals surface area contributed by atoms with E-state index < -0.39 is 20.6 Å². The molecular weight excluding hydrogens is 296 g/mol. The van der Waals surface area contributed by atoms with Gasteiger partial charge < -0.3 is 4.57 Å². The van der Waals surface area contributed by atoms with E-state index in [9.17, 15) is 18.5 Å². The van der Waals surface area contributed by atoms with Crippen LogP contribution in [-0.4, -0.2) is 29.4 Å². The fourth-order valence-electron chi connectivity index (χ4n) is 1.80. The standard InChI is InChI=1S/C12H14N4O4S/c17-16(18)11-4-1-2-5-12(11)21(19,20)14-6-3-8-15-9-7-13-10-15/h1-2,4-5,7,9-10,14H,3,6,8H2. The van der Waals surface area contributed by atoms with E-state index in [0.717, 1.165) is 0 Å². The Balaban J connectivity index is 2.00. The maximum absolute atomic E-state index is 12.1. The van der Waals surface area contributed by atoms with Crippen molar-refractivity contribution in [3.63, 3.8) is 0 Å². The number of imidazole rings is 1. The average molecular weight is 310 g/mol. The van der Waals surface area contributed by atoms with E-state index in [-0.39, 0.29) is 11.4 Å². The Labute approximate surface area is 121 Å². The van der Waals surface area contributed by atoms with Crippen LogP contribution in [0, 0.1) is 10.1 Å². The second-order valence-electron chi connectivity index (χ2n) is 4.28. The van der Waals surface area contributed by atoms with Crippen LogP contribution in [0.2, 0.25) is 0 Å². The number of nitrogens with one attached hydrogen (secondary N) is 1. The lowest BCUT2D eigenvalue weighted by molar-refractivity contribution is -0.387. The number of benzene rings is 1. The summed E-state index contributed by atoms with van der Waals surface area (Å²) in [6, 6.07) is 5.26. The highest BCUT2D eigenvalue weighted by atomic mass is 32.2. The van der Waals surface area contributed by atoms with Crippen LogP contribution in [0.4, 0.5) is 5.69 Å².